The summed E-state index contributed by atoms with van der Waals surface area (Å²) in [7, 11) is 0. The number of carbonyl (C=O) groups is 2. The van der Waals surface area contributed by atoms with E-state index < -0.39 is 0 Å². The molecular weight excluding hydrogens is 459 g/mol. The van der Waals surface area contributed by atoms with E-state index in [2.05, 4.69) is 0 Å². The summed E-state index contributed by atoms with van der Waals surface area (Å²) >= 11 is 0. The Morgan fingerprint density at radius 1 is 1.08 bits per heavy atom. The van der Waals surface area contributed by atoms with Gasteiger partial charge in [0.15, 0.2) is 5.76 Å². The standard InChI is InChI=1S/C29H31FN2O4/c1-3-31(4-2)29(34)26-13-12-24(36-26)18-35-23-11-10-19-14-15-32(28(33)20-8-9-20)27(25(19)17-23)21-6-5-7-22(30)16-21/h5-7,10-13,16-17,20,27H,3-4,8-9,14-15,18H2,1-2H3. The Bertz CT molecular complexity index is 1260. The van der Waals surface area contributed by atoms with Gasteiger partial charge in [0.1, 0.15) is 23.9 Å². The molecule has 1 unspecified atom stereocenters. The Kier molecular flexibility index (Phi) is 6.81. The average molecular weight is 491 g/mol. The fourth-order valence-electron chi connectivity index (χ4n) is 4.91. The molecule has 2 aromatic carbocycles. The van der Waals surface area contributed by atoms with Crippen molar-refractivity contribution in [1.82, 2.24) is 9.80 Å². The third kappa shape index (κ3) is 4.87. The zero-order valence-electron chi connectivity index (χ0n) is 20.7. The van der Waals surface area contributed by atoms with Crippen LogP contribution in [0.25, 0.3) is 0 Å². The summed E-state index contributed by atoms with van der Waals surface area (Å²) < 4.78 is 25.9. The minimum atomic E-state index is -0.358. The summed E-state index contributed by atoms with van der Waals surface area (Å²) in [5, 5.41) is 0. The highest BCUT2D eigenvalue weighted by Gasteiger charge is 2.39. The molecule has 2 aliphatic rings. The number of carbonyl (C=O) groups excluding carboxylic acids is 2. The van der Waals surface area contributed by atoms with Crippen molar-refractivity contribution in [2.75, 3.05) is 19.6 Å². The van der Waals surface area contributed by atoms with E-state index in [4.69, 9.17) is 9.15 Å². The van der Waals surface area contributed by atoms with E-state index in [0.717, 1.165) is 36.0 Å². The van der Waals surface area contributed by atoms with Crippen molar-refractivity contribution in [1.29, 1.82) is 0 Å². The maximum atomic E-state index is 14.2. The molecule has 1 saturated carbocycles. The van der Waals surface area contributed by atoms with Gasteiger partial charge in [0.2, 0.25) is 5.91 Å². The fraction of sp³-hybridized carbons (Fsp3) is 0.379. The first-order chi connectivity index (χ1) is 17.5. The van der Waals surface area contributed by atoms with Gasteiger partial charge in [-0.15, -0.1) is 0 Å². The number of ether oxygens (including phenoxy) is 1. The molecule has 0 N–H and O–H groups in total. The first-order valence-corrected chi connectivity index (χ1v) is 12.7. The van der Waals surface area contributed by atoms with Crippen LogP contribution in [0.1, 0.15) is 65.7 Å². The normalized spacial score (nSPS) is 17.0. The summed E-state index contributed by atoms with van der Waals surface area (Å²) in [5.74, 6) is 1.23. The van der Waals surface area contributed by atoms with Crippen molar-refractivity contribution in [3.05, 3.63) is 88.6 Å². The number of halogens is 1. The van der Waals surface area contributed by atoms with Gasteiger partial charge >= 0.3 is 0 Å². The van der Waals surface area contributed by atoms with E-state index in [9.17, 15) is 14.0 Å². The second-order valence-electron chi connectivity index (χ2n) is 9.41. The van der Waals surface area contributed by atoms with Crippen LogP contribution in [0.3, 0.4) is 0 Å². The van der Waals surface area contributed by atoms with E-state index in [1.807, 2.05) is 43.0 Å². The van der Waals surface area contributed by atoms with E-state index in [1.54, 1.807) is 23.1 Å². The van der Waals surface area contributed by atoms with Crippen LogP contribution in [0.4, 0.5) is 4.39 Å². The molecule has 5 rings (SSSR count). The highest BCUT2D eigenvalue weighted by atomic mass is 19.1. The van der Waals surface area contributed by atoms with Gasteiger partial charge in [-0.05, 0) is 86.2 Å². The van der Waals surface area contributed by atoms with Crippen molar-refractivity contribution in [3.63, 3.8) is 0 Å². The van der Waals surface area contributed by atoms with Crippen molar-refractivity contribution in [2.24, 2.45) is 5.92 Å². The highest BCUT2D eigenvalue weighted by Crippen LogP contribution is 2.41. The largest absolute Gasteiger partial charge is 0.486 e. The van der Waals surface area contributed by atoms with Gasteiger partial charge in [0, 0.05) is 25.6 Å². The number of rotatable bonds is 8. The van der Waals surface area contributed by atoms with Crippen molar-refractivity contribution < 1.29 is 23.1 Å². The van der Waals surface area contributed by atoms with Gasteiger partial charge in [-0.25, -0.2) is 4.39 Å². The van der Waals surface area contributed by atoms with Crippen LogP contribution in [-0.4, -0.2) is 41.2 Å². The van der Waals surface area contributed by atoms with Crippen LogP contribution in [0, 0.1) is 11.7 Å². The van der Waals surface area contributed by atoms with E-state index in [-0.39, 0.29) is 36.2 Å². The Balaban J connectivity index is 1.38. The topological polar surface area (TPSA) is 63.0 Å². The van der Waals surface area contributed by atoms with E-state index in [0.29, 0.717) is 36.9 Å². The number of amides is 2. The number of benzene rings is 2. The molecule has 0 spiro atoms. The molecule has 3 aromatic rings. The molecule has 1 atom stereocenters. The molecule has 7 heteroatoms. The minimum absolute atomic E-state index is 0.0780. The average Bonchev–Trinajstić information content (AvgIpc) is 3.64. The molecule has 1 aliphatic carbocycles. The molecule has 2 amide bonds. The smallest absolute Gasteiger partial charge is 0.289 e. The van der Waals surface area contributed by atoms with E-state index >= 15 is 0 Å². The summed E-state index contributed by atoms with van der Waals surface area (Å²) in [4.78, 5) is 29.3. The van der Waals surface area contributed by atoms with Crippen LogP contribution >= 0.6 is 0 Å². The second-order valence-corrected chi connectivity index (χ2v) is 9.41. The van der Waals surface area contributed by atoms with Gasteiger partial charge in [0.25, 0.3) is 5.91 Å². The molecular formula is C29H31FN2O4. The first kappa shape index (κ1) is 24.1. The zero-order chi connectivity index (χ0) is 25.2. The Hall–Kier alpha value is -3.61. The summed E-state index contributed by atoms with van der Waals surface area (Å²) in [6, 6.07) is 15.4. The molecule has 1 aliphatic heterocycles. The number of nitrogens with zero attached hydrogens (tertiary/aromatic N) is 2. The molecule has 0 saturated heterocycles. The maximum absolute atomic E-state index is 14.2. The zero-order valence-corrected chi connectivity index (χ0v) is 20.7. The van der Waals surface area contributed by atoms with Crippen LogP contribution in [0.15, 0.2) is 59.0 Å². The molecule has 6 nitrogen and oxygen atoms in total. The minimum Gasteiger partial charge on any atom is -0.486 e. The summed E-state index contributed by atoms with van der Waals surface area (Å²) in [6.07, 6.45) is 2.58. The summed E-state index contributed by atoms with van der Waals surface area (Å²) in [5.41, 5.74) is 2.84. The van der Waals surface area contributed by atoms with Crippen LogP contribution in [0.5, 0.6) is 5.75 Å². The quantitative estimate of drug-likeness (QED) is 0.426. The van der Waals surface area contributed by atoms with Crippen LogP contribution in [-0.2, 0) is 17.8 Å². The third-order valence-corrected chi connectivity index (χ3v) is 7.02. The molecule has 1 fully saturated rings. The second kappa shape index (κ2) is 10.2. The number of hydrogen-bond acceptors (Lipinski definition) is 4. The molecule has 188 valence electrons. The lowest BCUT2D eigenvalue weighted by molar-refractivity contribution is -0.134. The third-order valence-electron chi connectivity index (χ3n) is 7.02. The predicted octanol–water partition coefficient (Wildman–Crippen LogP) is 5.36. The molecule has 2 heterocycles. The van der Waals surface area contributed by atoms with Gasteiger partial charge in [-0.1, -0.05) is 18.2 Å². The number of fused-ring (bicyclic) bond motifs is 1. The molecule has 0 bridgehead atoms. The van der Waals surface area contributed by atoms with E-state index in [1.165, 1.54) is 12.1 Å². The lowest BCUT2D eigenvalue weighted by atomic mass is 9.87. The Morgan fingerprint density at radius 2 is 1.89 bits per heavy atom. The Morgan fingerprint density at radius 3 is 2.61 bits per heavy atom. The predicted molar refractivity (Wildman–Crippen MR) is 133 cm³/mol. The van der Waals surface area contributed by atoms with Crippen molar-refractivity contribution in [2.45, 2.75) is 45.8 Å². The lowest BCUT2D eigenvalue weighted by Gasteiger charge is -2.38. The lowest BCUT2D eigenvalue weighted by Crippen LogP contribution is -2.41. The van der Waals surface area contributed by atoms with Gasteiger partial charge in [0.05, 0.1) is 6.04 Å². The fourth-order valence-corrected chi connectivity index (χ4v) is 4.91. The summed E-state index contributed by atoms with van der Waals surface area (Å²) in [6.45, 7) is 5.87. The van der Waals surface area contributed by atoms with Crippen LogP contribution < -0.4 is 4.74 Å². The van der Waals surface area contributed by atoms with Gasteiger partial charge < -0.3 is 19.0 Å². The van der Waals surface area contributed by atoms with Gasteiger partial charge in [-0.2, -0.15) is 0 Å². The molecule has 36 heavy (non-hydrogen) atoms. The SMILES string of the molecule is CCN(CC)C(=O)c1ccc(COc2ccc3c(c2)C(c2cccc(F)c2)N(C(=O)C2CC2)CC3)o1. The maximum Gasteiger partial charge on any atom is 0.289 e. The number of hydrogen-bond donors (Lipinski definition) is 0. The molecule has 0 radical (unpaired) electrons. The first-order valence-electron chi connectivity index (χ1n) is 12.7. The van der Waals surface area contributed by atoms with Crippen LogP contribution in [0.2, 0.25) is 0 Å². The molecule has 1 aromatic heterocycles. The Labute approximate surface area is 210 Å². The monoisotopic (exact) mass is 490 g/mol. The van der Waals surface area contributed by atoms with Crippen molar-refractivity contribution in [3.8, 4) is 5.75 Å². The highest BCUT2D eigenvalue weighted by molar-refractivity contribution is 5.91. The number of furan rings is 1. The van der Waals surface area contributed by atoms with Crippen molar-refractivity contribution >= 4 is 11.8 Å². The van der Waals surface area contributed by atoms with Gasteiger partial charge in [-0.3, -0.25) is 9.59 Å².